The van der Waals surface area contributed by atoms with Crippen LogP contribution in [0.25, 0.3) is 16.8 Å². The van der Waals surface area contributed by atoms with Crippen molar-refractivity contribution < 1.29 is 17.6 Å². The Morgan fingerprint density at radius 3 is 2.39 bits per heavy atom. The molecule has 1 saturated heterocycles. The van der Waals surface area contributed by atoms with Gasteiger partial charge in [-0.25, -0.2) is 8.42 Å². The fourth-order valence-electron chi connectivity index (χ4n) is 3.27. The Morgan fingerprint density at radius 2 is 1.68 bits per heavy atom. The summed E-state index contributed by atoms with van der Waals surface area (Å²) >= 11 is 0. The molecule has 1 fully saturated rings. The molecular formula is C21H20N2O4S. The molecule has 144 valence electrons. The van der Waals surface area contributed by atoms with Crippen molar-refractivity contribution in [3.05, 3.63) is 72.7 Å². The van der Waals surface area contributed by atoms with Gasteiger partial charge in [-0.2, -0.15) is 4.31 Å². The number of benzene rings is 2. The van der Waals surface area contributed by atoms with Gasteiger partial charge in [0.15, 0.2) is 0 Å². The summed E-state index contributed by atoms with van der Waals surface area (Å²) in [6.45, 7) is 1.26. The molecule has 0 N–H and O–H groups in total. The van der Waals surface area contributed by atoms with Crippen LogP contribution >= 0.6 is 0 Å². The van der Waals surface area contributed by atoms with Crippen molar-refractivity contribution in [2.75, 3.05) is 26.2 Å². The third-order valence-electron chi connectivity index (χ3n) is 4.84. The van der Waals surface area contributed by atoms with Gasteiger partial charge in [0.05, 0.1) is 11.2 Å². The second-order valence-electron chi connectivity index (χ2n) is 6.59. The Labute approximate surface area is 163 Å². The van der Waals surface area contributed by atoms with E-state index in [0.717, 1.165) is 10.8 Å². The number of carbonyl (C=O) groups excluding carboxylic acids is 1. The first-order valence-electron chi connectivity index (χ1n) is 9.03. The maximum absolute atomic E-state index is 13.0. The molecule has 1 amide bonds. The molecule has 0 aliphatic carbocycles. The summed E-state index contributed by atoms with van der Waals surface area (Å²) in [7, 11) is -3.59. The Hall–Kier alpha value is -2.90. The highest BCUT2D eigenvalue weighted by atomic mass is 32.2. The van der Waals surface area contributed by atoms with Crippen LogP contribution in [-0.4, -0.2) is 49.7 Å². The maximum Gasteiger partial charge on any atom is 0.246 e. The maximum atomic E-state index is 13.0. The van der Waals surface area contributed by atoms with Crippen molar-refractivity contribution in [1.82, 2.24) is 9.21 Å². The highest BCUT2D eigenvalue weighted by Crippen LogP contribution is 2.23. The first kappa shape index (κ1) is 18.5. The smallest absolute Gasteiger partial charge is 0.246 e. The number of piperazine rings is 1. The zero-order valence-electron chi connectivity index (χ0n) is 15.2. The summed E-state index contributed by atoms with van der Waals surface area (Å²) in [6, 6.07) is 16.3. The van der Waals surface area contributed by atoms with Crippen molar-refractivity contribution in [2.45, 2.75) is 4.90 Å². The fraction of sp³-hybridized carbons (Fsp3) is 0.190. The molecule has 7 heteroatoms. The van der Waals surface area contributed by atoms with Crippen molar-refractivity contribution in [2.24, 2.45) is 0 Å². The molecule has 3 aromatic rings. The van der Waals surface area contributed by atoms with E-state index in [4.69, 9.17) is 4.42 Å². The predicted octanol–water partition coefficient (Wildman–Crippen LogP) is 2.98. The molecule has 2 aromatic carbocycles. The van der Waals surface area contributed by atoms with Crippen LogP contribution < -0.4 is 0 Å². The highest BCUT2D eigenvalue weighted by Gasteiger charge is 2.29. The zero-order chi connectivity index (χ0) is 19.6. The fourth-order valence-corrected chi connectivity index (χ4v) is 4.73. The minimum atomic E-state index is -3.59. The van der Waals surface area contributed by atoms with E-state index >= 15 is 0 Å². The molecule has 2 heterocycles. The molecule has 1 aromatic heterocycles. The van der Waals surface area contributed by atoms with E-state index in [0.29, 0.717) is 18.8 Å². The molecule has 1 aliphatic rings. The monoisotopic (exact) mass is 396 g/mol. The number of carbonyl (C=O) groups is 1. The first-order valence-corrected chi connectivity index (χ1v) is 10.5. The Morgan fingerprint density at radius 1 is 0.929 bits per heavy atom. The number of hydrogen-bond donors (Lipinski definition) is 0. The lowest BCUT2D eigenvalue weighted by molar-refractivity contribution is -0.127. The van der Waals surface area contributed by atoms with Gasteiger partial charge in [0, 0.05) is 32.3 Å². The molecule has 6 nitrogen and oxygen atoms in total. The van der Waals surface area contributed by atoms with Crippen LogP contribution in [0.1, 0.15) is 5.76 Å². The number of rotatable bonds is 4. The lowest BCUT2D eigenvalue weighted by Gasteiger charge is -2.33. The normalized spacial score (nSPS) is 16.1. The summed E-state index contributed by atoms with van der Waals surface area (Å²) < 4.78 is 32.6. The average molecular weight is 396 g/mol. The number of amides is 1. The lowest BCUT2D eigenvalue weighted by Crippen LogP contribution is -2.50. The summed E-state index contributed by atoms with van der Waals surface area (Å²) in [5.41, 5.74) is 0. The number of hydrogen-bond acceptors (Lipinski definition) is 4. The third-order valence-corrected chi connectivity index (χ3v) is 6.74. The second kappa shape index (κ2) is 7.61. The minimum absolute atomic E-state index is 0.154. The first-order chi connectivity index (χ1) is 13.5. The van der Waals surface area contributed by atoms with Crippen molar-refractivity contribution in [1.29, 1.82) is 0 Å². The van der Waals surface area contributed by atoms with E-state index in [1.165, 1.54) is 10.4 Å². The summed E-state index contributed by atoms with van der Waals surface area (Å²) in [4.78, 5) is 14.2. The molecular weight excluding hydrogens is 376 g/mol. The van der Waals surface area contributed by atoms with E-state index in [1.54, 1.807) is 41.5 Å². The van der Waals surface area contributed by atoms with Crippen LogP contribution in [0.2, 0.25) is 0 Å². The molecule has 1 aliphatic heterocycles. The van der Waals surface area contributed by atoms with Crippen LogP contribution in [-0.2, 0) is 14.8 Å². The predicted molar refractivity (Wildman–Crippen MR) is 107 cm³/mol. The molecule has 0 atom stereocenters. The van der Waals surface area contributed by atoms with Crippen molar-refractivity contribution in [3.63, 3.8) is 0 Å². The minimum Gasteiger partial charge on any atom is -0.465 e. The summed E-state index contributed by atoms with van der Waals surface area (Å²) in [6.07, 6.45) is 4.60. The van der Waals surface area contributed by atoms with Gasteiger partial charge in [-0.1, -0.05) is 30.3 Å². The largest absolute Gasteiger partial charge is 0.465 e. The van der Waals surface area contributed by atoms with Gasteiger partial charge in [-0.15, -0.1) is 0 Å². The average Bonchev–Trinajstić information content (AvgIpc) is 3.25. The van der Waals surface area contributed by atoms with E-state index in [9.17, 15) is 13.2 Å². The molecule has 28 heavy (non-hydrogen) atoms. The van der Waals surface area contributed by atoms with Gasteiger partial charge in [-0.05, 0) is 41.1 Å². The molecule has 0 radical (unpaired) electrons. The van der Waals surface area contributed by atoms with Gasteiger partial charge in [0.25, 0.3) is 0 Å². The van der Waals surface area contributed by atoms with E-state index in [1.807, 2.05) is 30.3 Å². The molecule has 0 spiro atoms. The van der Waals surface area contributed by atoms with E-state index < -0.39 is 10.0 Å². The van der Waals surface area contributed by atoms with Gasteiger partial charge in [0.2, 0.25) is 15.9 Å². The standard InChI is InChI=1S/C21H20N2O4S/c24-21(10-8-19-6-3-15-27-19)22-11-13-23(14-12-22)28(25,26)20-9-7-17-4-1-2-5-18(17)16-20/h1-10,15-16H,11-14H2/b10-8+. The zero-order valence-corrected chi connectivity index (χ0v) is 16.0. The van der Waals surface area contributed by atoms with E-state index in [2.05, 4.69) is 0 Å². The third kappa shape index (κ3) is 3.72. The van der Waals surface area contributed by atoms with E-state index in [-0.39, 0.29) is 23.9 Å². The van der Waals surface area contributed by atoms with Gasteiger partial charge in [0.1, 0.15) is 5.76 Å². The molecule has 0 saturated carbocycles. The highest BCUT2D eigenvalue weighted by molar-refractivity contribution is 7.89. The molecule has 4 rings (SSSR count). The van der Waals surface area contributed by atoms with Gasteiger partial charge >= 0.3 is 0 Å². The Bertz CT molecular complexity index is 1110. The Balaban J connectivity index is 1.44. The molecule has 0 unspecified atom stereocenters. The van der Waals surface area contributed by atoms with Crippen molar-refractivity contribution in [3.8, 4) is 0 Å². The molecule has 0 bridgehead atoms. The lowest BCUT2D eigenvalue weighted by atomic mass is 10.1. The number of sulfonamides is 1. The number of furan rings is 1. The van der Waals surface area contributed by atoms with Crippen LogP contribution in [0.5, 0.6) is 0 Å². The topological polar surface area (TPSA) is 70.8 Å². The summed E-state index contributed by atoms with van der Waals surface area (Å²) in [5, 5.41) is 1.89. The SMILES string of the molecule is O=C(/C=C/c1ccco1)N1CCN(S(=O)(=O)c2ccc3ccccc3c2)CC1. The van der Waals surface area contributed by atoms with Crippen LogP contribution in [0.3, 0.4) is 0 Å². The van der Waals surface area contributed by atoms with Gasteiger partial charge < -0.3 is 9.32 Å². The van der Waals surface area contributed by atoms with Crippen LogP contribution in [0.15, 0.2) is 76.2 Å². The number of fused-ring (bicyclic) bond motifs is 1. The van der Waals surface area contributed by atoms with Gasteiger partial charge in [-0.3, -0.25) is 4.79 Å². The number of nitrogens with zero attached hydrogens (tertiary/aromatic N) is 2. The quantitative estimate of drug-likeness (QED) is 0.636. The summed E-state index contributed by atoms with van der Waals surface area (Å²) in [5.74, 6) is 0.449. The van der Waals surface area contributed by atoms with Crippen molar-refractivity contribution >= 4 is 32.8 Å². The second-order valence-corrected chi connectivity index (χ2v) is 8.53. The van der Waals surface area contributed by atoms with Crippen LogP contribution in [0, 0.1) is 0 Å². The Kier molecular flexibility index (Phi) is 5.02. The van der Waals surface area contributed by atoms with Crippen LogP contribution in [0.4, 0.5) is 0 Å².